The molecule has 0 bridgehead atoms. The van der Waals surface area contributed by atoms with E-state index in [1.165, 1.54) is 0 Å². The average Bonchev–Trinajstić information content (AvgIpc) is 2.08. The molecule has 0 amide bonds. The summed E-state index contributed by atoms with van der Waals surface area (Å²) in [6, 6.07) is 0. The Hall–Kier alpha value is 0.510. The summed E-state index contributed by atoms with van der Waals surface area (Å²) >= 11 is 19.3. The van der Waals surface area contributed by atoms with Crippen LogP contribution in [0, 0.1) is 0 Å². The summed E-state index contributed by atoms with van der Waals surface area (Å²) in [6.07, 6.45) is 2.04. The first-order chi connectivity index (χ1) is 6.83. The maximum absolute atomic E-state index is 8.36. The SMILES string of the molecule is CCCCO.CO.ClC(Cl)(Cl)Cl.O.O=CO. The zero-order valence-electron chi connectivity index (χ0n) is 8.96. The minimum Gasteiger partial charge on any atom is -0.483 e. The van der Waals surface area contributed by atoms with Gasteiger partial charge >= 0.3 is 0 Å². The van der Waals surface area contributed by atoms with Gasteiger partial charge in [0.25, 0.3) is 9.72 Å². The van der Waals surface area contributed by atoms with E-state index < -0.39 is 3.25 Å². The molecular weight excluding hydrogens is 306 g/mol. The van der Waals surface area contributed by atoms with Crippen LogP contribution in [-0.2, 0) is 4.79 Å². The van der Waals surface area contributed by atoms with Crippen LogP contribution in [0.15, 0.2) is 0 Å². The van der Waals surface area contributed by atoms with Gasteiger partial charge in [-0.2, -0.15) is 0 Å². The van der Waals surface area contributed by atoms with Gasteiger partial charge in [0, 0.05) is 13.7 Å². The Kier molecular flexibility index (Phi) is 55.4. The predicted molar refractivity (Wildman–Crippen MR) is 68.6 cm³/mol. The van der Waals surface area contributed by atoms with E-state index in [-0.39, 0.29) is 11.9 Å². The van der Waals surface area contributed by atoms with Crippen molar-refractivity contribution in [3.8, 4) is 0 Å². The van der Waals surface area contributed by atoms with E-state index in [0.29, 0.717) is 6.61 Å². The van der Waals surface area contributed by atoms with Crippen LogP contribution in [-0.4, -0.2) is 44.2 Å². The molecule has 9 heteroatoms. The summed E-state index contributed by atoms with van der Waals surface area (Å²) in [7, 11) is 1.00. The van der Waals surface area contributed by atoms with Crippen molar-refractivity contribution in [2.24, 2.45) is 0 Å². The first-order valence-corrected chi connectivity index (χ1v) is 5.23. The smallest absolute Gasteiger partial charge is 0.290 e. The maximum Gasteiger partial charge on any atom is 0.290 e. The zero-order chi connectivity index (χ0) is 13.3. The lowest BCUT2D eigenvalue weighted by Gasteiger charge is -1.91. The second-order valence-electron chi connectivity index (χ2n) is 1.61. The van der Waals surface area contributed by atoms with Crippen LogP contribution in [0.1, 0.15) is 19.8 Å². The van der Waals surface area contributed by atoms with Crippen LogP contribution < -0.4 is 0 Å². The Labute approximate surface area is 115 Å². The Morgan fingerprint density at radius 1 is 1.19 bits per heavy atom. The summed E-state index contributed by atoms with van der Waals surface area (Å²) in [5.74, 6) is 0. The predicted octanol–water partition coefficient (Wildman–Crippen LogP) is 1.82. The Morgan fingerprint density at radius 2 is 1.38 bits per heavy atom. The molecule has 0 aliphatic carbocycles. The highest BCUT2D eigenvalue weighted by atomic mass is 35.6. The average molecular weight is 324 g/mol. The molecular formula is C7H18Cl4O5. The summed E-state index contributed by atoms with van der Waals surface area (Å²) in [5, 5.41) is 22.0. The fraction of sp³-hybridized carbons (Fsp3) is 0.857. The van der Waals surface area contributed by atoms with Crippen LogP contribution in [0.5, 0.6) is 0 Å². The van der Waals surface area contributed by atoms with E-state index in [1.807, 2.05) is 0 Å². The molecule has 5 nitrogen and oxygen atoms in total. The lowest BCUT2D eigenvalue weighted by Crippen LogP contribution is -1.81. The Bertz CT molecular complexity index is 91.3. The summed E-state index contributed by atoms with van der Waals surface area (Å²) in [6.45, 7) is 2.15. The molecule has 0 aliphatic rings. The lowest BCUT2D eigenvalue weighted by molar-refractivity contribution is -0.122. The van der Waals surface area contributed by atoms with Crippen LogP contribution in [0.3, 0.4) is 0 Å². The number of hydrogen-bond donors (Lipinski definition) is 3. The van der Waals surface area contributed by atoms with E-state index in [9.17, 15) is 0 Å². The lowest BCUT2D eigenvalue weighted by atomic mass is 10.4. The summed E-state index contributed by atoms with van der Waals surface area (Å²) < 4.78 is -1.61. The topological polar surface area (TPSA) is 109 Å². The number of carboxylic acid groups (broad SMARTS) is 1. The van der Waals surface area contributed by atoms with Crippen molar-refractivity contribution < 1.29 is 25.6 Å². The van der Waals surface area contributed by atoms with E-state index in [4.69, 9.17) is 66.5 Å². The molecule has 0 atom stereocenters. The van der Waals surface area contributed by atoms with Gasteiger partial charge < -0.3 is 20.8 Å². The number of unbranched alkanes of at least 4 members (excludes halogenated alkanes) is 1. The van der Waals surface area contributed by atoms with Gasteiger partial charge in [0.1, 0.15) is 0 Å². The van der Waals surface area contributed by atoms with E-state index in [0.717, 1.165) is 20.0 Å². The highest BCUT2D eigenvalue weighted by Gasteiger charge is 2.11. The molecule has 0 heterocycles. The molecule has 0 fully saturated rings. The van der Waals surface area contributed by atoms with Crippen LogP contribution >= 0.6 is 46.4 Å². The molecule has 104 valence electrons. The normalized spacial score (nSPS) is 7.50. The molecule has 0 rings (SSSR count). The number of aliphatic hydroxyl groups is 2. The fourth-order valence-corrected chi connectivity index (χ4v) is 0.158. The number of rotatable bonds is 2. The third-order valence-electron chi connectivity index (χ3n) is 0.512. The highest BCUT2D eigenvalue weighted by Crippen LogP contribution is 2.29. The third-order valence-corrected chi connectivity index (χ3v) is 0.512. The molecule has 0 aromatic carbocycles. The second-order valence-corrected chi connectivity index (χ2v) is 5.04. The van der Waals surface area contributed by atoms with Crippen molar-refractivity contribution in [3.05, 3.63) is 0 Å². The van der Waals surface area contributed by atoms with Gasteiger partial charge in [-0.1, -0.05) is 59.7 Å². The minimum absolute atomic E-state index is 0. The van der Waals surface area contributed by atoms with Crippen molar-refractivity contribution in [2.45, 2.75) is 23.0 Å². The van der Waals surface area contributed by atoms with Gasteiger partial charge in [0.15, 0.2) is 0 Å². The van der Waals surface area contributed by atoms with Crippen LogP contribution in [0.2, 0.25) is 0 Å². The Morgan fingerprint density at radius 3 is 1.38 bits per heavy atom. The fourth-order valence-electron chi connectivity index (χ4n) is 0.158. The number of hydrogen-bond acceptors (Lipinski definition) is 3. The number of alkyl halides is 4. The second kappa shape index (κ2) is 29.6. The van der Waals surface area contributed by atoms with Crippen LogP contribution in [0.25, 0.3) is 0 Å². The van der Waals surface area contributed by atoms with Crippen molar-refractivity contribution in [3.63, 3.8) is 0 Å². The monoisotopic (exact) mass is 322 g/mol. The van der Waals surface area contributed by atoms with E-state index in [2.05, 4.69) is 6.92 Å². The zero-order valence-corrected chi connectivity index (χ0v) is 12.0. The van der Waals surface area contributed by atoms with E-state index >= 15 is 0 Å². The summed E-state index contributed by atoms with van der Waals surface area (Å²) in [5.41, 5.74) is 0. The van der Waals surface area contributed by atoms with Crippen molar-refractivity contribution >= 4 is 52.9 Å². The molecule has 0 aromatic heterocycles. The first kappa shape index (κ1) is 30.0. The minimum atomic E-state index is -1.61. The number of halogens is 4. The van der Waals surface area contributed by atoms with Crippen LogP contribution in [0.4, 0.5) is 0 Å². The molecule has 5 N–H and O–H groups in total. The molecule has 0 aliphatic heterocycles. The Balaban J connectivity index is -0.0000000349. The van der Waals surface area contributed by atoms with E-state index in [1.54, 1.807) is 0 Å². The van der Waals surface area contributed by atoms with Gasteiger partial charge in [0.05, 0.1) is 0 Å². The summed E-state index contributed by atoms with van der Waals surface area (Å²) in [4.78, 5) is 8.36. The van der Waals surface area contributed by atoms with Crippen molar-refractivity contribution in [2.75, 3.05) is 13.7 Å². The van der Waals surface area contributed by atoms with Crippen molar-refractivity contribution in [1.29, 1.82) is 0 Å². The molecule has 16 heavy (non-hydrogen) atoms. The maximum atomic E-state index is 8.36. The largest absolute Gasteiger partial charge is 0.483 e. The molecule has 0 radical (unpaired) electrons. The molecule has 0 spiro atoms. The van der Waals surface area contributed by atoms with Gasteiger partial charge in [-0.3, -0.25) is 4.79 Å². The molecule has 0 saturated carbocycles. The van der Waals surface area contributed by atoms with Gasteiger partial charge in [0.2, 0.25) is 0 Å². The third kappa shape index (κ3) is 420. The van der Waals surface area contributed by atoms with Gasteiger partial charge in [-0.05, 0) is 6.42 Å². The molecule has 0 saturated heterocycles. The highest BCUT2D eigenvalue weighted by molar-refractivity contribution is 6.83. The number of aliphatic hydroxyl groups excluding tert-OH is 2. The van der Waals surface area contributed by atoms with Crippen molar-refractivity contribution in [1.82, 2.24) is 0 Å². The van der Waals surface area contributed by atoms with Gasteiger partial charge in [-0.25, -0.2) is 0 Å². The first-order valence-electron chi connectivity index (χ1n) is 3.72. The molecule has 0 unspecified atom stereocenters. The number of carbonyl (C=O) groups is 1. The standard InChI is InChI=1S/C4H10O.CCl4.CH2O2.CH4O.H2O/c1-2-3-4-5;2-1(3,4)5;2-1-3;1-2;/h5H,2-4H2,1H3;;1H,(H,2,3);2H,1H3;1H2. The molecule has 0 aromatic rings. The van der Waals surface area contributed by atoms with Gasteiger partial charge in [-0.15, -0.1) is 0 Å². The quantitative estimate of drug-likeness (QED) is 0.531.